The number of nitrogens with zero attached hydrogens (tertiary/aromatic N) is 2. The van der Waals surface area contributed by atoms with Crippen LogP contribution in [-0.2, 0) is 13.0 Å². The predicted molar refractivity (Wildman–Crippen MR) is 59.0 cm³/mol. The van der Waals surface area contributed by atoms with E-state index in [4.69, 9.17) is 5.73 Å². The van der Waals surface area contributed by atoms with Gasteiger partial charge in [0, 0.05) is 25.2 Å². The SMILES string of the molecule is CC(C)CCn1cnc(CC(C)N)c1. The smallest absolute Gasteiger partial charge is 0.0949 e. The zero-order chi connectivity index (χ0) is 10.6. The van der Waals surface area contributed by atoms with Gasteiger partial charge in [0.1, 0.15) is 0 Å². The lowest BCUT2D eigenvalue weighted by atomic mass is 10.1. The van der Waals surface area contributed by atoms with E-state index in [2.05, 4.69) is 29.6 Å². The Bertz CT molecular complexity index is 263. The van der Waals surface area contributed by atoms with E-state index >= 15 is 0 Å². The fraction of sp³-hybridized carbons (Fsp3) is 0.727. The van der Waals surface area contributed by atoms with Gasteiger partial charge >= 0.3 is 0 Å². The van der Waals surface area contributed by atoms with Gasteiger partial charge in [0.05, 0.1) is 12.0 Å². The monoisotopic (exact) mass is 195 g/mol. The quantitative estimate of drug-likeness (QED) is 0.779. The zero-order valence-corrected chi connectivity index (χ0v) is 9.40. The summed E-state index contributed by atoms with van der Waals surface area (Å²) in [6.07, 6.45) is 6.08. The van der Waals surface area contributed by atoms with Crippen LogP contribution in [0.5, 0.6) is 0 Å². The molecular formula is C11H21N3. The van der Waals surface area contributed by atoms with Gasteiger partial charge in [0.2, 0.25) is 0 Å². The molecule has 14 heavy (non-hydrogen) atoms. The molecule has 0 aliphatic heterocycles. The molecular weight excluding hydrogens is 174 g/mol. The van der Waals surface area contributed by atoms with Crippen LogP contribution < -0.4 is 5.73 Å². The molecule has 1 atom stereocenters. The van der Waals surface area contributed by atoms with Crippen LogP contribution in [0.1, 0.15) is 32.9 Å². The van der Waals surface area contributed by atoms with Gasteiger partial charge < -0.3 is 10.3 Å². The van der Waals surface area contributed by atoms with Crippen molar-refractivity contribution >= 4 is 0 Å². The lowest BCUT2D eigenvalue weighted by Crippen LogP contribution is -2.17. The molecule has 0 aliphatic carbocycles. The minimum atomic E-state index is 0.198. The average Bonchev–Trinajstić information content (AvgIpc) is 2.47. The van der Waals surface area contributed by atoms with Gasteiger partial charge in [-0.3, -0.25) is 0 Å². The summed E-state index contributed by atoms with van der Waals surface area (Å²) in [5.74, 6) is 0.745. The van der Waals surface area contributed by atoms with Crippen LogP contribution in [0.15, 0.2) is 12.5 Å². The third-order valence-electron chi connectivity index (χ3n) is 2.18. The van der Waals surface area contributed by atoms with Crippen molar-refractivity contribution in [2.45, 2.75) is 46.2 Å². The maximum Gasteiger partial charge on any atom is 0.0949 e. The number of nitrogens with two attached hydrogens (primary N) is 1. The fourth-order valence-corrected chi connectivity index (χ4v) is 1.37. The summed E-state index contributed by atoms with van der Waals surface area (Å²) in [7, 11) is 0. The Morgan fingerprint density at radius 2 is 2.14 bits per heavy atom. The molecule has 1 rings (SSSR count). The summed E-state index contributed by atoms with van der Waals surface area (Å²) in [5.41, 5.74) is 6.81. The lowest BCUT2D eigenvalue weighted by molar-refractivity contribution is 0.516. The Balaban J connectivity index is 2.42. The van der Waals surface area contributed by atoms with Gasteiger partial charge in [-0.25, -0.2) is 4.98 Å². The first kappa shape index (κ1) is 11.2. The highest BCUT2D eigenvalue weighted by molar-refractivity contribution is 4.98. The summed E-state index contributed by atoms with van der Waals surface area (Å²) < 4.78 is 2.15. The van der Waals surface area contributed by atoms with Crippen LogP contribution >= 0.6 is 0 Å². The molecule has 3 nitrogen and oxygen atoms in total. The van der Waals surface area contributed by atoms with E-state index in [-0.39, 0.29) is 6.04 Å². The minimum Gasteiger partial charge on any atom is -0.337 e. The Labute approximate surface area is 86.3 Å². The highest BCUT2D eigenvalue weighted by atomic mass is 15.0. The summed E-state index contributed by atoms with van der Waals surface area (Å²) in [6.45, 7) is 7.54. The van der Waals surface area contributed by atoms with E-state index < -0.39 is 0 Å². The first-order chi connectivity index (χ1) is 6.58. The van der Waals surface area contributed by atoms with Gasteiger partial charge in [-0.2, -0.15) is 0 Å². The van der Waals surface area contributed by atoms with E-state index in [0.29, 0.717) is 0 Å². The molecule has 1 aromatic heterocycles. The lowest BCUT2D eigenvalue weighted by Gasteiger charge is -2.04. The molecule has 3 heteroatoms. The average molecular weight is 195 g/mol. The largest absolute Gasteiger partial charge is 0.337 e. The fourth-order valence-electron chi connectivity index (χ4n) is 1.37. The van der Waals surface area contributed by atoms with Crippen molar-refractivity contribution in [1.29, 1.82) is 0 Å². The van der Waals surface area contributed by atoms with Crippen molar-refractivity contribution < 1.29 is 0 Å². The van der Waals surface area contributed by atoms with Crippen LogP contribution in [0.25, 0.3) is 0 Å². The van der Waals surface area contributed by atoms with Crippen molar-refractivity contribution in [2.24, 2.45) is 11.7 Å². The van der Waals surface area contributed by atoms with Gasteiger partial charge in [0.25, 0.3) is 0 Å². The molecule has 2 N–H and O–H groups in total. The second-order valence-corrected chi connectivity index (χ2v) is 4.47. The molecule has 0 amide bonds. The second-order valence-electron chi connectivity index (χ2n) is 4.47. The van der Waals surface area contributed by atoms with Crippen LogP contribution in [0.4, 0.5) is 0 Å². The molecule has 0 radical (unpaired) electrons. The first-order valence-electron chi connectivity index (χ1n) is 5.34. The minimum absolute atomic E-state index is 0.198. The topological polar surface area (TPSA) is 43.8 Å². The van der Waals surface area contributed by atoms with Crippen LogP contribution in [0.2, 0.25) is 0 Å². The third kappa shape index (κ3) is 3.92. The Hall–Kier alpha value is -0.830. The molecule has 1 aromatic rings. The van der Waals surface area contributed by atoms with Gasteiger partial charge in [-0.1, -0.05) is 13.8 Å². The number of hydrogen-bond acceptors (Lipinski definition) is 2. The Morgan fingerprint density at radius 3 is 2.71 bits per heavy atom. The van der Waals surface area contributed by atoms with E-state index in [1.54, 1.807) is 0 Å². The highest BCUT2D eigenvalue weighted by Gasteiger charge is 2.02. The molecule has 0 bridgehead atoms. The van der Waals surface area contributed by atoms with Crippen molar-refractivity contribution in [2.75, 3.05) is 0 Å². The molecule has 1 unspecified atom stereocenters. The summed E-state index contributed by atoms with van der Waals surface area (Å²) in [4.78, 5) is 4.32. The van der Waals surface area contributed by atoms with Crippen LogP contribution in [0.3, 0.4) is 0 Å². The number of aromatic nitrogens is 2. The Morgan fingerprint density at radius 1 is 1.43 bits per heavy atom. The maximum absolute atomic E-state index is 5.71. The number of imidazole rings is 1. The van der Waals surface area contributed by atoms with E-state index in [0.717, 1.165) is 24.6 Å². The first-order valence-corrected chi connectivity index (χ1v) is 5.34. The standard InChI is InChI=1S/C11H21N3/c1-9(2)4-5-14-7-11(13-8-14)6-10(3)12/h7-10H,4-6,12H2,1-3H3. The van der Waals surface area contributed by atoms with E-state index in [9.17, 15) is 0 Å². The predicted octanol–water partition coefficient (Wildman–Crippen LogP) is 1.82. The number of aryl methyl sites for hydroxylation is 1. The molecule has 0 saturated heterocycles. The van der Waals surface area contributed by atoms with Crippen molar-refractivity contribution in [3.8, 4) is 0 Å². The van der Waals surface area contributed by atoms with Crippen LogP contribution in [0, 0.1) is 5.92 Å². The van der Waals surface area contributed by atoms with Gasteiger partial charge in [-0.05, 0) is 19.3 Å². The van der Waals surface area contributed by atoms with Crippen molar-refractivity contribution in [3.05, 3.63) is 18.2 Å². The summed E-state index contributed by atoms with van der Waals surface area (Å²) >= 11 is 0. The van der Waals surface area contributed by atoms with Crippen molar-refractivity contribution in [1.82, 2.24) is 9.55 Å². The number of hydrogen-bond donors (Lipinski definition) is 1. The highest BCUT2D eigenvalue weighted by Crippen LogP contribution is 2.04. The normalized spacial score (nSPS) is 13.5. The molecule has 0 saturated carbocycles. The molecule has 0 fully saturated rings. The zero-order valence-electron chi connectivity index (χ0n) is 9.40. The second kappa shape index (κ2) is 5.15. The van der Waals surface area contributed by atoms with E-state index in [1.807, 2.05) is 13.3 Å². The summed E-state index contributed by atoms with van der Waals surface area (Å²) in [5, 5.41) is 0. The molecule has 0 aliphatic rings. The van der Waals surface area contributed by atoms with Gasteiger partial charge in [-0.15, -0.1) is 0 Å². The molecule has 80 valence electrons. The van der Waals surface area contributed by atoms with Crippen LogP contribution in [-0.4, -0.2) is 15.6 Å². The van der Waals surface area contributed by atoms with Crippen molar-refractivity contribution in [3.63, 3.8) is 0 Å². The number of rotatable bonds is 5. The maximum atomic E-state index is 5.71. The third-order valence-corrected chi connectivity index (χ3v) is 2.18. The van der Waals surface area contributed by atoms with Gasteiger partial charge in [0.15, 0.2) is 0 Å². The molecule has 0 aromatic carbocycles. The molecule has 0 spiro atoms. The van der Waals surface area contributed by atoms with E-state index in [1.165, 1.54) is 6.42 Å². The Kier molecular flexibility index (Phi) is 4.14. The molecule has 1 heterocycles. The summed E-state index contributed by atoms with van der Waals surface area (Å²) in [6, 6.07) is 0.198.